The number of aromatic carboxylic acids is 1. The van der Waals surface area contributed by atoms with Gasteiger partial charge in [-0.2, -0.15) is 4.98 Å². The second-order valence-corrected chi connectivity index (χ2v) is 6.33. The molecule has 0 aliphatic heterocycles. The van der Waals surface area contributed by atoms with Gasteiger partial charge in [-0.25, -0.2) is 4.79 Å². The van der Waals surface area contributed by atoms with Crippen molar-refractivity contribution >= 4 is 40.5 Å². The summed E-state index contributed by atoms with van der Waals surface area (Å²) < 4.78 is 6.12. The maximum absolute atomic E-state index is 11.0. The van der Waals surface area contributed by atoms with Crippen molar-refractivity contribution in [1.82, 2.24) is 10.1 Å². The summed E-state index contributed by atoms with van der Waals surface area (Å²) in [7, 11) is 0. The third kappa shape index (κ3) is 2.78. The third-order valence-corrected chi connectivity index (χ3v) is 4.17. The lowest BCUT2D eigenvalue weighted by atomic mass is 10.1. The summed E-state index contributed by atoms with van der Waals surface area (Å²) >= 11 is 13.1. The van der Waals surface area contributed by atoms with Gasteiger partial charge in [0.2, 0.25) is 5.82 Å². The SMILES string of the molecule is O=C(O)c1cccc(-c2noc(-c3cc(Cl)sc3Cl)n2)c1. The standard InChI is InChI=1S/C13H6Cl2N2O3S/c14-9-5-8(10(15)21-9)12-16-11(17-20-12)6-2-1-3-7(4-6)13(18)19/h1-5H,(H,18,19). The number of carboxylic acid groups (broad SMARTS) is 1. The average Bonchev–Trinajstić information content (AvgIpc) is 3.05. The molecule has 0 aliphatic rings. The van der Waals surface area contributed by atoms with Crippen LogP contribution in [0.5, 0.6) is 0 Å². The minimum Gasteiger partial charge on any atom is -0.478 e. The Kier molecular flexibility index (Phi) is 3.67. The van der Waals surface area contributed by atoms with Gasteiger partial charge in [0.15, 0.2) is 0 Å². The Morgan fingerprint density at radius 1 is 1.29 bits per heavy atom. The number of carboxylic acids is 1. The summed E-state index contributed by atoms with van der Waals surface area (Å²) in [5.74, 6) is -0.501. The van der Waals surface area contributed by atoms with Crippen LogP contribution in [0.2, 0.25) is 8.67 Å². The summed E-state index contributed by atoms with van der Waals surface area (Å²) in [6.07, 6.45) is 0. The van der Waals surface area contributed by atoms with Crippen LogP contribution in [0.25, 0.3) is 22.8 Å². The molecule has 106 valence electrons. The molecule has 0 aliphatic carbocycles. The fourth-order valence-corrected chi connectivity index (χ4v) is 3.18. The van der Waals surface area contributed by atoms with Crippen LogP contribution in [0.15, 0.2) is 34.9 Å². The van der Waals surface area contributed by atoms with Gasteiger partial charge in [0.1, 0.15) is 4.34 Å². The van der Waals surface area contributed by atoms with E-state index in [1.807, 2.05) is 0 Å². The first-order chi connectivity index (χ1) is 10.0. The zero-order valence-corrected chi connectivity index (χ0v) is 12.5. The van der Waals surface area contributed by atoms with Crippen LogP contribution in [0, 0.1) is 0 Å². The Labute approximate surface area is 132 Å². The van der Waals surface area contributed by atoms with E-state index in [1.165, 1.54) is 23.5 Å². The minimum absolute atomic E-state index is 0.149. The van der Waals surface area contributed by atoms with E-state index >= 15 is 0 Å². The lowest BCUT2D eigenvalue weighted by molar-refractivity contribution is 0.0697. The van der Waals surface area contributed by atoms with E-state index in [0.29, 0.717) is 19.8 Å². The molecule has 2 aromatic heterocycles. The van der Waals surface area contributed by atoms with Crippen molar-refractivity contribution in [2.75, 3.05) is 0 Å². The number of hydrogen-bond donors (Lipinski definition) is 1. The monoisotopic (exact) mass is 340 g/mol. The summed E-state index contributed by atoms with van der Waals surface area (Å²) in [6, 6.07) is 7.91. The number of rotatable bonds is 3. The largest absolute Gasteiger partial charge is 0.478 e. The molecule has 5 nitrogen and oxygen atoms in total. The Morgan fingerprint density at radius 2 is 2.10 bits per heavy atom. The van der Waals surface area contributed by atoms with E-state index in [9.17, 15) is 4.79 Å². The van der Waals surface area contributed by atoms with E-state index in [2.05, 4.69) is 10.1 Å². The van der Waals surface area contributed by atoms with Crippen molar-refractivity contribution < 1.29 is 14.4 Å². The second kappa shape index (κ2) is 5.48. The lowest BCUT2D eigenvalue weighted by Crippen LogP contribution is -1.96. The predicted molar refractivity (Wildman–Crippen MR) is 80.0 cm³/mol. The highest BCUT2D eigenvalue weighted by molar-refractivity contribution is 7.20. The number of halogens is 2. The molecular weight excluding hydrogens is 335 g/mol. The van der Waals surface area contributed by atoms with E-state index in [0.717, 1.165) is 0 Å². The normalized spacial score (nSPS) is 10.8. The zero-order valence-electron chi connectivity index (χ0n) is 10.2. The molecule has 3 rings (SSSR count). The molecule has 0 fully saturated rings. The van der Waals surface area contributed by atoms with Crippen molar-refractivity contribution in [2.45, 2.75) is 0 Å². The number of thiophene rings is 1. The molecule has 1 N–H and O–H groups in total. The van der Waals surface area contributed by atoms with Gasteiger partial charge in [-0.15, -0.1) is 11.3 Å². The van der Waals surface area contributed by atoms with Gasteiger partial charge >= 0.3 is 5.97 Å². The number of aromatic nitrogens is 2. The molecular formula is C13H6Cl2N2O3S. The third-order valence-electron chi connectivity index (χ3n) is 2.68. The quantitative estimate of drug-likeness (QED) is 0.761. The number of nitrogens with zero attached hydrogens (tertiary/aromatic N) is 2. The summed E-state index contributed by atoms with van der Waals surface area (Å²) in [6.45, 7) is 0. The first-order valence-electron chi connectivity index (χ1n) is 5.67. The number of carbonyl (C=O) groups is 1. The first-order valence-corrected chi connectivity index (χ1v) is 7.24. The summed E-state index contributed by atoms with van der Waals surface area (Å²) in [5, 5.41) is 12.8. The number of hydrogen-bond acceptors (Lipinski definition) is 5. The van der Waals surface area contributed by atoms with Crippen molar-refractivity contribution in [3.05, 3.63) is 44.6 Å². The fourth-order valence-electron chi connectivity index (χ4n) is 1.73. The van der Waals surface area contributed by atoms with Gasteiger partial charge < -0.3 is 9.63 Å². The molecule has 0 radical (unpaired) electrons. The Hall–Kier alpha value is -1.89. The smallest absolute Gasteiger partial charge is 0.335 e. The Balaban J connectivity index is 2.00. The molecule has 0 amide bonds. The van der Waals surface area contributed by atoms with E-state index in [-0.39, 0.29) is 17.3 Å². The molecule has 0 atom stereocenters. The van der Waals surface area contributed by atoms with E-state index in [1.54, 1.807) is 18.2 Å². The van der Waals surface area contributed by atoms with Gasteiger partial charge in [-0.3, -0.25) is 0 Å². The topological polar surface area (TPSA) is 76.2 Å². The van der Waals surface area contributed by atoms with Crippen LogP contribution in [0.3, 0.4) is 0 Å². The molecule has 0 bridgehead atoms. The van der Waals surface area contributed by atoms with Gasteiger partial charge in [-0.05, 0) is 18.2 Å². The van der Waals surface area contributed by atoms with E-state index < -0.39 is 5.97 Å². The molecule has 0 spiro atoms. The van der Waals surface area contributed by atoms with Gasteiger partial charge in [0.05, 0.1) is 15.5 Å². The van der Waals surface area contributed by atoms with Crippen molar-refractivity contribution in [1.29, 1.82) is 0 Å². The summed E-state index contributed by atoms with van der Waals surface area (Å²) in [4.78, 5) is 15.2. The van der Waals surface area contributed by atoms with E-state index in [4.69, 9.17) is 32.8 Å². The van der Waals surface area contributed by atoms with Crippen LogP contribution in [0.1, 0.15) is 10.4 Å². The Morgan fingerprint density at radius 3 is 2.76 bits per heavy atom. The minimum atomic E-state index is -1.02. The molecule has 0 saturated heterocycles. The summed E-state index contributed by atoms with van der Waals surface area (Å²) in [5.41, 5.74) is 1.25. The van der Waals surface area contributed by atoms with Crippen molar-refractivity contribution in [3.63, 3.8) is 0 Å². The van der Waals surface area contributed by atoms with Crippen LogP contribution < -0.4 is 0 Å². The van der Waals surface area contributed by atoms with Crippen molar-refractivity contribution in [2.24, 2.45) is 0 Å². The van der Waals surface area contributed by atoms with Crippen molar-refractivity contribution in [3.8, 4) is 22.8 Å². The number of benzene rings is 1. The molecule has 0 saturated carbocycles. The molecule has 21 heavy (non-hydrogen) atoms. The average molecular weight is 341 g/mol. The van der Waals surface area contributed by atoms with Gasteiger partial charge in [0.25, 0.3) is 5.89 Å². The molecule has 3 aromatic rings. The zero-order chi connectivity index (χ0) is 15.0. The Bertz CT molecular complexity index is 828. The van der Waals surface area contributed by atoms with Crippen LogP contribution >= 0.6 is 34.5 Å². The van der Waals surface area contributed by atoms with Crippen LogP contribution in [-0.2, 0) is 0 Å². The van der Waals surface area contributed by atoms with Gasteiger partial charge in [-0.1, -0.05) is 40.5 Å². The lowest BCUT2D eigenvalue weighted by Gasteiger charge is -1.96. The maximum atomic E-state index is 11.0. The van der Waals surface area contributed by atoms with Crippen LogP contribution in [-0.4, -0.2) is 21.2 Å². The molecule has 0 unspecified atom stereocenters. The highest BCUT2D eigenvalue weighted by Gasteiger charge is 2.16. The maximum Gasteiger partial charge on any atom is 0.335 e. The second-order valence-electron chi connectivity index (χ2n) is 4.05. The highest BCUT2D eigenvalue weighted by atomic mass is 35.5. The molecule has 8 heteroatoms. The predicted octanol–water partition coefficient (Wildman–Crippen LogP) is 4.47. The molecule has 2 heterocycles. The highest BCUT2D eigenvalue weighted by Crippen LogP contribution is 2.37. The molecule has 1 aromatic carbocycles. The van der Waals surface area contributed by atoms with Crippen LogP contribution in [0.4, 0.5) is 0 Å². The fraction of sp³-hybridized carbons (Fsp3) is 0. The van der Waals surface area contributed by atoms with Gasteiger partial charge in [0, 0.05) is 5.56 Å². The first kappa shape index (κ1) is 14.1.